The van der Waals surface area contributed by atoms with Crippen molar-refractivity contribution in [2.75, 3.05) is 23.8 Å². The smallest absolute Gasteiger partial charge is 0.326 e. The van der Waals surface area contributed by atoms with Gasteiger partial charge in [-0.05, 0) is 18.6 Å². The first-order valence-electron chi connectivity index (χ1n) is 6.61. The van der Waals surface area contributed by atoms with Crippen molar-refractivity contribution >= 4 is 29.3 Å². The third-order valence-corrected chi connectivity index (χ3v) is 3.44. The lowest BCUT2D eigenvalue weighted by atomic mass is 10.2. The van der Waals surface area contributed by atoms with E-state index in [9.17, 15) is 14.4 Å². The van der Waals surface area contributed by atoms with E-state index in [1.807, 2.05) is 0 Å². The zero-order valence-electron chi connectivity index (χ0n) is 11.9. The number of para-hydroxylation sites is 2. The van der Waals surface area contributed by atoms with Crippen LogP contribution in [0.15, 0.2) is 24.3 Å². The van der Waals surface area contributed by atoms with Crippen molar-refractivity contribution < 1.29 is 19.5 Å². The number of amides is 3. The van der Waals surface area contributed by atoms with Crippen LogP contribution in [0, 0.1) is 0 Å². The third kappa shape index (κ3) is 2.81. The molecule has 7 nitrogen and oxygen atoms in total. The lowest BCUT2D eigenvalue weighted by Crippen LogP contribution is -2.52. The highest BCUT2D eigenvalue weighted by atomic mass is 16.4. The zero-order chi connectivity index (χ0) is 15.6. The molecule has 1 heterocycles. The summed E-state index contributed by atoms with van der Waals surface area (Å²) in [6.45, 7) is 1.57. The minimum absolute atomic E-state index is 0.129. The van der Waals surface area contributed by atoms with Crippen LogP contribution in [0.5, 0.6) is 0 Å². The van der Waals surface area contributed by atoms with Crippen molar-refractivity contribution in [3.05, 3.63) is 24.3 Å². The van der Waals surface area contributed by atoms with Gasteiger partial charge in [-0.15, -0.1) is 0 Å². The number of nitrogens with zero attached hydrogens (tertiary/aromatic N) is 2. The molecule has 1 aliphatic heterocycles. The lowest BCUT2D eigenvalue weighted by Gasteiger charge is -2.34. The Bertz CT molecular complexity index is 587. The summed E-state index contributed by atoms with van der Waals surface area (Å²) in [7, 11) is 1.43. The van der Waals surface area contributed by atoms with E-state index in [2.05, 4.69) is 5.32 Å². The second-order valence-corrected chi connectivity index (χ2v) is 4.81. The topological polar surface area (TPSA) is 90.0 Å². The number of carbonyl (C=O) groups excluding carboxylic acids is 2. The van der Waals surface area contributed by atoms with Gasteiger partial charge in [-0.1, -0.05) is 19.1 Å². The highest BCUT2D eigenvalue weighted by molar-refractivity contribution is 6.09. The normalized spacial score (nSPS) is 15.0. The van der Waals surface area contributed by atoms with Crippen LogP contribution in [0.4, 0.5) is 16.2 Å². The van der Waals surface area contributed by atoms with Crippen molar-refractivity contribution in [3.63, 3.8) is 0 Å². The summed E-state index contributed by atoms with van der Waals surface area (Å²) in [6.07, 6.45) is 0.291. The van der Waals surface area contributed by atoms with Gasteiger partial charge in [0.15, 0.2) is 0 Å². The minimum atomic E-state index is -1.07. The van der Waals surface area contributed by atoms with Crippen molar-refractivity contribution in [1.82, 2.24) is 4.90 Å². The molecule has 0 fully saturated rings. The van der Waals surface area contributed by atoms with E-state index < -0.39 is 18.0 Å². The number of benzene rings is 1. The molecule has 7 heteroatoms. The highest BCUT2D eigenvalue weighted by Gasteiger charge is 2.33. The second-order valence-electron chi connectivity index (χ2n) is 4.81. The molecule has 1 aliphatic rings. The van der Waals surface area contributed by atoms with Gasteiger partial charge >= 0.3 is 12.0 Å². The number of carbonyl (C=O) groups is 3. The number of fused-ring (bicyclic) bond motifs is 1. The number of anilines is 2. The fourth-order valence-corrected chi connectivity index (χ4v) is 2.34. The molecular formula is C14H17N3O4. The Morgan fingerprint density at radius 1 is 1.43 bits per heavy atom. The zero-order valence-corrected chi connectivity index (χ0v) is 11.9. The molecule has 0 radical (unpaired) electrons. The molecule has 1 aromatic carbocycles. The maximum atomic E-state index is 12.5. The van der Waals surface area contributed by atoms with E-state index in [0.717, 1.165) is 4.90 Å². The maximum absolute atomic E-state index is 12.5. The van der Waals surface area contributed by atoms with Crippen LogP contribution in [0.1, 0.15) is 13.3 Å². The van der Waals surface area contributed by atoms with Crippen LogP contribution in [-0.4, -0.2) is 47.5 Å². The molecule has 2 rings (SSSR count). The molecule has 0 bridgehead atoms. The molecule has 0 saturated heterocycles. The molecule has 0 aliphatic carbocycles. The van der Waals surface area contributed by atoms with Gasteiger partial charge < -0.3 is 15.3 Å². The maximum Gasteiger partial charge on any atom is 0.326 e. The largest absolute Gasteiger partial charge is 0.480 e. The summed E-state index contributed by atoms with van der Waals surface area (Å²) in [4.78, 5) is 37.8. The van der Waals surface area contributed by atoms with Gasteiger partial charge in [0.1, 0.15) is 12.6 Å². The van der Waals surface area contributed by atoms with Crippen LogP contribution in [-0.2, 0) is 9.59 Å². The number of carboxylic acid groups (broad SMARTS) is 1. The number of urea groups is 1. The van der Waals surface area contributed by atoms with Crippen molar-refractivity contribution in [2.45, 2.75) is 19.4 Å². The van der Waals surface area contributed by atoms with Gasteiger partial charge in [0.2, 0.25) is 5.91 Å². The Labute approximate surface area is 122 Å². The van der Waals surface area contributed by atoms with Gasteiger partial charge in [0.05, 0.1) is 11.4 Å². The highest BCUT2D eigenvalue weighted by Crippen LogP contribution is 2.29. The number of likely N-dealkylation sites (N-methyl/N-ethyl adjacent to an activating group) is 1. The minimum Gasteiger partial charge on any atom is -0.480 e. The first-order valence-corrected chi connectivity index (χ1v) is 6.61. The van der Waals surface area contributed by atoms with Crippen molar-refractivity contribution in [2.24, 2.45) is 0 Å². The average molecular weight is 291 g/mol. The number of rotatable bonds is 3. The molecule has 0 saturated carbocycles. The number of hydrogen-bond donors (Lipinski definition) is 2. The molecule has 21 heavy (non-hydrogen) atoms. The van der Waals surface area contributed by atoms with Gasteiger partial charge in [0.25, 0.3) is 0 Å². The van der Waals surface area contributed by atoms with Crippen LogP contribution in [0.2, 0.25) is 0 Å². The Balaban J connectivity index is 2.31. The van der Waals surface area contributed by atoms with Crippen molar-refractivity contribution in [3.8, 4) is 0 Å². The quantitative estimate of drug-likeness (QED) is 0.880. The fraction of sp³-hybridized carbons (Fsp3) is 0.357. The van der Waals surface area contributed by atoms with E-state index in [1.54, 1.807) is 31.2 Å². The lowest BCUT2D eigenvalue weighted by molar-refractivity contribution is -0.141. The summed E-state index contributed by atoms with van der Waals surface area (Å²) in [5, 5.41) is 11.8. The fourth-order valence-electron chi connectivity index (χ4n) is 2.34. The number of nitrogens with one attached hydrogen (secondary N) is 1. The number of carboxylic acids is 1. The molecule has 1 aromatic rings. The molecule has 1 unspecified atom stereocenters. The van der Waals surface area contributed by atoms with Crippen LogP contribution in [0.25, 0.3) is 0 Å². The number of aliphatic carboxylic acids is 1. The Hall–Kier alpha value is -2.57. The molecule has 0 aromatic heterocycles. The Morgan fingerprint density at radius 2 is 2.10 bits per heavy atom. The van der Waals surface area contributed by atoms with E-state index in [0.29, 0.717) is 17.8 Å². The van der Waals surface area contributed by atoms with Crippen LogP contribution >= 0.6 is 0 Å². The van der Waals surface area contributed by atoms with E-state index >= 15 is 0 Å². The van der Waals surface area contributed by atoms with Crippen LogP contribution < -0.4 is 10.2 Å². The summed E-state index contributed by atoms with van der Waals surface area (Å²) >= 11 is 0. The SMILES string of the molecule is CCC(C(=O)O)N(C)C(=O)N1CC(=O)Nc2ccccc21. The van der Waals surface area contributed by atoms with Gasteiger partial charge in [0, 0.05) is 7.05 Å². The summed E-state index contributed by atoms with van der Waals surface area (Å²) in [5.74, 6) is -1.37. The molecule has 112 valence electrons. The summed E-state index contributed by atoms with van der Waals surface area (Å²) in [5.41, 5.74) is 1.10. The Kier molecular flexibility index (Phi) is 4.11. The molecule has 1 atom stereocenters. The molecule has 2 N–H and O–H groups in total. The monoisotopic (exact) mass is 291 g/mol. The first kappa shape index (κ1) is 14.8. The van der Waals surface area contributed by atoms with Crippen LogP contribution in [0.3, 0.4) is 0 Å². The predicted molar refractivity (Wildman–Crippen MR) is 77.3 cm³/mol. The first-order chi connectivity index (χ1) is 9.95. The molecule has 3 amide bonds. The standard InChI is InChI=1S/C14H17N3O4/c1-3-10(13(19)20)16(2)14(21)17-8-12(18)15-9-6-4-5-7-11(9)17/h4-7,10H,3,8H2,1-2H3,(H,15,18)(H,19,20). The predicted octanol–water partition coefficient (Wildman–Crippen LogP) is 1.36. The Morgan fingerprint density at radius 3 is 2.71 bits per heavy atom. The van der Waals surface area contributed by atoms with E-state index in [1.165, 1.54) is 11.9 Å². The van der Waals surface area contributed by atoms with Crippen molar-refractivity contribution in [1.29, 1.82) is 0 Å². The second kappa shape index (κ2) is 5.82. The summed E-state index contributed by atoms with van der Waals surface area (Å²) in [6, 6.07) is 5.48. The van der Waals surface area contributed by atoms with E-state index in [-0.39, 0.29) is 12.5 Å². The van der Waals surface area contributed by atoms with E-state index in [4.69, 9.17) is 5.11 Å². The van der Waals surface area contributed by atoms with Gasteiger partial charge in [-0.3, -0.25) is 9.69 Å². The third-order valence-electron chi connectivity index (χ3n) is 3.44. The van der Waals surface area contributed by atoms with Gasteiger partial charge in [-0.2, -0.15) is 0 Å². The molecular weight excluding hydrogens is 274 g/mol. The van der Waals surface area contributed by atoms with Gasteiger partial charge in [-0.25, -0.2) is 9.59 Å². The number of hydrogen-bond acceptors (Lipinski definition) is 3. The average Bonchev–Trinajstić information content (AvgIpc) is 2.45. The molecule has 0 spiro atoms. The summed E-state index contributed by atoms with van der Waals surface area (Å²) < 4.78 is 0.